The lowest BCUT2D eigenvalue weighted by Gasteiger charge is -2.19. The molecule has 5 nitrogen and oxygen atoms in total. The van der Waals surface area contributed by atoms with Gasteiger partial charge in [-0.05, 0) is 38.7 Å². The van der Waals surface area contributed by atoms with E-state index in [-0.39, 0.29) is 23.5 Å². The van der Waals surface area contributed by atoms with Crippen LogP contribution in [0.3, 0.4) is 0 Å². The van der Waals surface area contributed by atoms with Crippen LogP contribution in [0, 0.1) is 16.0 Å². The van der Waals surface area contributed by atoms with Crippen LogP contribution < -0.4 is 0 Å². The van der Waals surface area contributed by atoms with Crippen LogP contribution >= 0.6 is 0 Å². The number of esters is 1. The zero-order valence-electron chi connectivity index (χ0n) is 11.3. The molecular formula is C14H17NO4. The molecule has 1 aromatic carbocycles. The first-order valence-electron chi connectivity index (χ1n) is 6.25. The summed E-state index contributed by atoms with van der Waals surface area (Å²) < 4.78 is 5.33. The number of rotatable bonds is 3. The van der Waals surface area contributed by atoms with E-state index < -0.39 is 10.5 Å². The van der Waals surface area contributed by atoms with Gasteiger partial charge < -0.3 is 4.74 Å². The van der Waals surface area contributed by atoms with Gasteiger partial charge in [0.25, 0.3) is 5.69 Å². The lowest BCUT2D eigenvalue weighted by Crippen LogP contribution is -2.25. The Kier molecular flexibility index (Phi) is 3.30. The summed E-state index contributed by atoms with van der Waals surface area (Å²) in [4.78, 5) is 22.0. The van der Waals surface area contributed by atoms with Gasteiger partial charge in [-0.25, -0.2) is 0 Å². The van der Waals surface area contributed by atoms with Crippen LogP contribution in [0.2, 0.25) is 0 Å². The Morgan fingerprint density at radius 3 is 2.37 bits per heavy atom. The molecule has 1 aliphatic carbocycles. The van der Waals surface area contributed by atoms with Crippen molar-refractivity contribution in [1.29, 1.82) is 0 Å². The van der Waals surface area contributed by atoms with Gasteiger partial charge in [0.1, 0.15) is 5.60 Å². The number of hydrogen-bond donors (Lipinski definition) is 0. The minimum Gasteiger partial charge on any atom is -0.460 e. The summed E-state index contributed by atoms with van der Waals surface area (Å²) in [5.74, 6) is -0.160. The predicted octanol–water partition coefficient (Wildman–Crippen LogP) is 3.04. The molecule has 0 saturated heterocycles. The topological polar surface area (TPSA) is 69.4 Å². The fourth-order valence-corrected chi connectivity index (χ4v) is 2.04. The third-order valence-corrected chi connectivity index (χ3v) is 3.03. The average Bonchev–Trinajstić information content (AvgIpc) is 3.06. The number of carbonyl (C=O) groups is 1. The van der Waals surface area contributed by atoms with Crippen LogP contribution in [0.25, 0.3) is 0 Å². The first-order chi connectivity index (χ1) is 8.78. The Morgan fingerprint density at radius 2 is 1.89 bits per heavy atom. The van der Waals surface area contributed by atoms with E-state index >= 15 is 0 Å². The van der Waals surface area contributed by atoms with Crippen molar-refractivity contribution in [3.63, 3.8) is 0 Å². The number of hydrogen-bond acceptors (Lipinski definition) is 4. The Morgan fingerprint density at radius 1 is 1.32 bits per heavy atom. The summed E-state index contributed by atoms with van der Waals surface area (Å²) in [5.41, 5.74) is 0.555. The van der Waals surface area contributed by atoms with E-state index in [9.17, 15) is 14.9 Å². The molecule has 0 N–H and O–H groups in total. The number of benzene rings is 1. The molecule has 0 radical (unpaired) electrons. The van der Waals surface area contributed by atoms with Crippen LogP contribution in [0.4, 0.5) is 5.69 Å². The molecule has 0 amide bonds. The van der Waals surface area contributed by atoms with Gasteiger partial charge in [-0.2, -0.15) is 0 Å². The SMILES string of the molecule is CC(C)(C)OC(=O)C1CC1c1ccc([N+](=O)[O-])cc1. The van der Waals surface area contributed by atoms with Crippen molar-refractivity contribution in [2.24, 2.45) is 5.92 Å². The highest BCUT2D eigenvalue weighted by atomic mass is 16.6. The van der Waals surface area contributed by atoms with Crippen LogP contribution in [0.5, 0.6) is 0 Å². The van der Waals surface area contributed by atoms with E-state index in [0.717, 1.165) is 12.0 Å². The molecule has 2 atom stereocenters. The summed E-state index contributed by atoms with van der Waals surface area (Å²) in [5, 5.41) is 10.6. The first-order valence-corrected chi connectivity index (χ1v) is 6.25. The number of non-ortho nitro benzene ring substituents is 1. The van der Waals surface area contributed by atoms with E-state index in [1.165, 1.54) is 12.1 Å². The maximum Gasteiger partial charge on any atom is 0.310 e. The zero-order chi connectivity index (χ0) is 14.2. The fourth-order valence-electron chi connectivity index (χ4n) is 2.04. The summed E-state index contributed by atoms with van der Waals surface area (Å²) >= 11 is 0. The molecule has 0 aromatic heterocycles. The largest absolute Gasteiger partial charge is 0.460 e. The molecule has 2 rings (SSSR count). The normalized spacial score (nSPS) is 21.8. The maximum absolute atomic E-state index is 11.8. The predicted molar refractivity (Wildman–Crippen MR) is 69.8 cm³/mol. The molecule has 1 aliphatic rings. The van der Waals surface area contributed by atoms with E-state index in [0.29, 0.717) is 0 Å². The first kappa shape index (κ1) is 13.5. The Bertz CT molecular complexity index is 501. The molecule has 0 bridgehead atoms. The summed E-state index contributed by atoms with van der Waals surface area (Å²) in [6.07, 6.45) is 0.757. The molecule has 5 heteroatoms. The van der Waals surface area contributed by atoms with E-state index in [4.69, 9.17) is 4.74 Å². The second-order valence-corrected chi connectivity index (χ2v) is 5.83. The number of carbonyl (C=O) groups excluding carboxylic acids is 1. The maximum atomic E-state index is 11.8. The van der Waals surface area contributed by atoms with E-state index in [2.05, 4.69) is 0 Å². The Balaban J connectivity index is 1.99. The summed E-state index contributed by atoms with van der Waals surface area (Å²) in [6.45, 7) is 5.52. The standard InChI is InChI=1S/C14H17NO4/c1-14(2,3)19-13(16)12-8-11(12)9-4-6-10(7-5-9)15(17)18/h4-7,11-12H,8H2,1-3H3. The third kappa shape index (κ3) is 3.30. The second-order valence-electron chi connectivity index (χ2n) is 5.83. The smallest absolute Gasteiger partial charge is 0.310 e. The van der Waals surface area contributed by atoms with Crippen molar-refractivity contribution < 1.29 is 14.5 Å². The molecule has 2 unspecified atom stereocenters. The van der Waals surface area contributed by atoms with Crippen LogP contribution in [0.15, 0.2) is 24.3 Å². The van der Waals surface area contributed by atoms with Gasteiger partial charge in [0.2, 0.25) is 0 Å². The molecule has 0 heterocycles. The van der Waals surface area contributed by atoms with E-state index in [1.54, 1.807) is 12.1 Å². The molecule has 1 fully saturated rings. The van der Waals surface area contributed by atoms with Gasteiger partial charge in [0.05, 0.1) is 10.8 Å². The van der Waals surface area contributed by atoms with Gasteiger partial charge in [-0.3, -0.25) is 14.9 Å². The van der Waals surface area contributed by atoms with Gasteiger partial charge in [0.15, 0.2) is 0 Å². The molecule has 19 heavy (non-hydrogen) atoms. The lowest BCUT2D eigenvalue weighted by molar-refractivity contribution is -0.384. The lowest BCUT2D eigenvalue weighted by atomic mass is 10.1. The fraction of sp³-hybridized carbons (Fsp3) is 0.500. The van der Waals surface area contributed by atoms with Crippen molar-refractivity contribution in [2.45, 2.75) is 38.7 Å². The number of nitrogens with zero attached hydrogens (tertiary/aromatic N) is 1. The van der Waals surface area contributed by atoms with Crippen molar-refractivity contribution in [3.05, 3.63) is 39.9 Å². The number of nitro benzene ring substituents is 1. The summed E-state index contributed by atoms with van der Waals surface area (Å²) in [6, 6.07) is 6.37. The molecule has 1 aromatic rings. The van der Waals surface area contributed by atoms with Crippen LogP contribution in [-0.4, -0.2) is 16.5 Å². The van der Waals surface area contributed by atoms with Crippen LogP contribution in [-0.2, 0) is 9.53 Å². The minimum absolute atomic E-state index is 0.0678. The van der Waals surface area contributed by atoms with Gasteiger partial charge in [-0.15, -0.1) is 0 Å². The van der Waals surface area contributed by atoms with Crippen molar-refractivity contribution in [3.8, 4) is 0 Å². The summed E-state index contributed by atoms with van der Waals surface area (Å²) in [7, 11) is 0. The zero-order valence-corrected chi connectivity index (χ0v) is 11.3. The molecule has 0 spiro atoms. The highest BCUT2D eigenvalue weighted by molar-refractivity contribution is 5.77. The minimum atomic E-state index is -0.473. The van der Waals surface area contributed by atoms with Gasteiger partial charge >= 0.3 is 5.97 Å². The van der Waals surface area contributed by atoms with Crippen LogP contribution in [0.1, 0.15) is 38.7 Å². The Labute approximate surface area is 111 Å². The molecule has 102 valence electrons. The third-order valence-electron chi connectivity index (χ3n) is 3.03. The Hall–Kier alpha value is -1.91. The van der Waals surface area contributed by atoms with Gasteiger partial charge in [0, 0.05) is 12.1 Å². The molecule has 0 aliphatic heterocycles. The molecule has 1 saturated carbocycles. The number of ether oxygens (including phenoxy) is 1. The van der Waals surface area contributed by atoms with Gasteiger partial charge in [-0.1, -0.05) is 12.1 Å². The molecular weight excluding hydrogens is 246 g/mol. The quantitative estimate of drug-likeness (QED) is 0.477. The van der Waals surface area contributed by atoms with Crippen molar-refractivity contribution in [2.75, 3.05) is 0 Å². The average molecular weight is 263 g/mol. The van der Waals surface area contributed by atoms with Crippen molar-refractivity contribution in [1.82, 2.24) is 0 Å². The highest BCUT2D eigenvalue weighted by Gasteiger charge is 2.46. The van der Waals surface area contributed by atoms with Crippen molar-refractivity contribution >= 4 is 11.7 Å². The highest BCUT2D eigenvalue weighted by Crippen LogP contribution is 2.48. The monoisotopic (exact) mass is 263 g/mol. The second kappa shape index (κ2) is 4.64. The number of nitro groups is 1. The van der Waals surface area contributed by atoms with E-state index in [1.807, 2.05) is 20.8 Å².